The summed E-state index contributed by atoms with van der Waals surface area (Å²) >= 11 is 3.33. The van der Waals surface area contributed by atoms with Crippen molar-refractivity contribution < 1.29 is 22.7 Å². The van der Waals surface area contributed by atoms with Crippen LogP contribution in [0.25, 0.3) is 0 Å². The first-order chi connectivity index (χ1) is 18.8. The number of carbonyl (C=O) groups excluding carboxylic acids is 2. The quantitative estimate of drug-likeness (QED) is 0.436. The number of piperidine rings is 1. The van der Waals surface area contributed by atoms with E-state index in [-0.39, 0.29) is 42.3 Å². The van der Waals surface area contributed by atoms with E-state index < -0.39 is 16.1 Å². The highest BCUT2D eigenvalue weighted by Crippen LogP contribution is 2.36. The lowest BCUT2D eigenvalue weighted by Crippen LogP contribution is -2.53. The fourth-order valence-corrected chi connectivity index (χ4v) is 6.72. The van der Waals surface area contributed by atoms with Gasteiger partial charge in [0.25, 0.3) is 5.91 Å². The number of amides is 2. The fraction of sp³-hybridized carbons (Fsp3) is 0.310. The van der Waals surface area contributed by atoms with Crippen molar-refractivity contribution in [2.75, 3.05) is 31.1 Å². The van der Waals surface area contributed by atoms with Gasteiger partial charge < -0.3 is 15.0 Å². The molecule has 5 rings (SSSR count). The van der Waals surface area contributed by atoms with Gasteiger partial charge in [-0.25, -0.2) is 8.42 Å². The van der Waals surface area contributed by atoms with Crippen LogP contribution in [0, 0.1) is 5.92 Å². The lowest BCUT2D eigenvalue weighted by molar-refractivity contribution is -0.129. The van der Waals surface area contributed by atoms with Gasteiger partial charge in [0.15, 0.2) is 6.10 Å². The average Bonchev–Trinajstić information content (AvgIpc) is 2.97. The van der Waals surface area contributed by atoms with Gasteiger partial charge >= 0.3 is 0 Å². The third kappa shape index (κ3) is 6.18. The van der Waals surface area contributed by atoms with Crippen LogP contribution in [0.4, 0.5) is 5.69 Å². The number of fused-ring (bicyclic) bond motifs is 1. The molecular weight excluding hydrogens is 582 g/mol. The number of sulfonamides is 1. The molecule has 10 heteroatoms. The molecule has 39 heavy (non-hydrogen) atoms. The van der Waals surface area contributed by atoms with Crippen LogP contribution in [0.1, 0.15) is 18.4 Å². The number of carbonyl (C=O) groups is 2. The summed E-state index contributed by atoms with van der Waals surface area (Å²) in [5.41, 5.74) is 1.75. The molecule has 8 nitrogen and oxygen atoms in total. The zero-order valence-electron chi connectivity index (χ0n) is 21.3. The highest BCUT2D eigenvalue weighted by Gasteiger charge is 2.39. The van der Waals surface area contributed by atoms with Gasteiger partial charge in [0.2, 0.25) is 15.9 Å². The largest absolute Gasteiger partial charge is 0.477 e. The van der Waals surface area contributed by atoms with Crippen LogP contribution in [0.5, 0.6) is 5.75 Å². The summed E-state index contributed by atoms with van der Waals surface area (Å²) in [5.74, 6) is -0.257. The fourth-order valence-electron chi connectivity index (χ4n) is 4.99. The molecule has 3 aromatic carbocycles. The average molecular weight is 613 g/mol. The maximum Gasteiger partial charge on any atom is 0.262 e. The van der Waals surface area contributed by atoms with Crippen LogP contribution in [-0.4, -0.2) is 56.8 Å². The normalized spacial score (nSPS) is 18.2. The summed E-state index contributed by atoms with van der Waals surface area (Å²) < 4.78 is 34.4. The van der Waals surface area contributed by atoms with Crippen LogP contribution in [0.3, 0.4) is 0 Å². The van der Waals surface area contributed by atoms with Gasteiger partial charge in [-0.2, -0.15) is 4.31 Å². The number of para-hydroxylation sites is 2. The smallest absolute Gasteiger partial charge is 0.262 e. The van der Waals surface area contributed by atoms with Crippen LogP contribution < -0.4 is 15.0 Å². The number of benzene rings is 3. The minimum absolute atomic E-state index is 0.102. The SMILES string of the molecule is O=C(NCCc1ccccc1)[C@@H]1CN(C(=O)C2CCN(S(=O)(=O)c3ccc(Br)cc3)CC2)c2ccccc2O1. The molecule has 3 aromatic rings. The lowest BCUT2D eigenvalue weighted by Gasteiger charge is -2.38. The van der Waals surface area contributed by atoms with Gasteiger partial charge in [-0.1, -0.05) is 58.4 Å². The number of anilines is 1. The van der Waals surface area contributed by atoms with Gasteiger partial charge in [0.1, 0.15) is 5.75 Å². The number of hydrogen-bond donors (Lipinski definition) is 1. The van der Waals surface area contributed by atoms with Crippen LogP contribution in [0.15, 0.2) is 88.2 Å². The first kappa shape index (κ1) is 27.4. The van der Waals surface area contributed by atoms with Crippen molar-refractivity contribution in [3.63, 3.8) is 0 Å². The van der Waals surface area contributed by atoms with Crippen molar-refractivity contribution in [3.05, 3.63) is 88.9 Å². The van der Waals surface area contributed by atoms with Gasteiger partial charge in [0, 0.05) is 30.0 Å². The van der Waals surface area contributed by atoms with Gasteiger partial charge in [0.05, 0.1) is 17.1 Å². The van der Waals surface area contributed by atoms with E-state index in [0.717, 1.165) is 10.0 Å². The van der Waals surface area contributed by atoms with Gasteiger partial charge in [-0.15, -0.1) is 0 Å². The van der Waals surface area contributed by atoms with E-state index in [2.05, 4.69) is 21.2 Å². The molecule has 2 amide bonds. The molecule has 0 aromatic heterocycles. The molecule has 0 radical (unpaired) electrons. The van der Waals surface area contributed by atoms with E-state index in [9.17, 15) is 18.0 Å². The number of nitrogens with one attached hydrogen (secondary N) is 1. The van der Waals surface area contributed by atoms with Crippen LogP contribution >= 0.6 is 15.9 Å². The number of halogens is 1. The molecule has 0 aliphatic carbocycles. The monoisotopic (exact) mass is 611 g/mol. The predicted molar refractivity (Wildman–Crippen MR) is 152 cm³/mol. The second-order valence-electron chi connectivity index (χ2n) is 9.68. The summed E-state index contributed by atoms with van der Waals surface area (Å²) in [5, 5.41) is 2.93. The lowest BCUT2D eigenvalue weighted by atomic mass is 9.95. The number of ether oxygens (including phenoxy) is 1. The Morgan fingerprint density at radius 3 is 2.31 bits per heavy atom. The molecular formula is C29H30BrN3O5S. The minimum atomic E-state index is -3.64. The number of nitrogens with zero attached hydrogens (tertiary/aromatic N) is 2. The third-order valence-electron chi connectivity index (χ3n) is 7.14. The van der Waals surface area contributed by atoms with Crippen LogP contribution in [0.2, 0.25) is 0 Å². The molecule has 0 saturated carbocycles. The van der Waals surface area contributed by atoms with Crippen molar-refractivity contribution in [3.8, 4) is 5.75 Å². The van der Waals surface area contributed by atoms with Crippen LogP contribution in [-0.2, 0) is 26.0 Å². The summed E-state index contributed by atoms with van der Waals surface area (Å²) in [6.45, 7) is 1.07. The van der Waals surface area contributed by atoms with E-state index in [4.69, 9.17) is 4.74 Å². The second kappa shape index (κ2) is 11.9. The molecule has 0 unspecified atom stereocenters. The maximum atomic E-state index is 13.7. The molecule has 1 N–H and O–H groups in total. The molecule has 204 valence electrons. The standard InChI is InChI=1S/C29H30BrN3O5S/c30-23-10-12-24(13-11-23)39(36,37)32-18-15-22(16-19-32)29(35)33-20-27(38-26-9-5-4-8-25(26)33)28(34)31-17-14-21-6-2-1-3-7-21/h1-13,22,27H,14-20H2,(H,31,34)/t27-/m0/s1. The Morgan fingerprint density at radius 2 is 1.59 bits per heavy atom. The van der Waals surface area contributed by atoms with Crippen molar-refractivity contribution in [2.45, 2.75) is 30.3 Å². The first-order valence-electron chi connectivity index (χ1n) is 13.0. The molecule has 0 bridgehead atoms. The molecule has 2 aliphatic heterocycles. The zero-order valence-corrected chi connectivity index (χ0v) is 23.7. The number of rotatable bonds is 7. The molecule has 2 heterocycles. The second-order valence-corrected chi connectivity index (χ2v) is 12.5. The highest BCUT2D eigenvalue weighted by atomic mass is 79.9. The van der Waals surface area contributed by atoms with Crippen molar-refractivity contribution in [1.82, 2.24) is 9.62 Å². The summed E-state index contributed by atoms with van der Waals surface area (Å²) in [7, 11) is -3.64. The molecule has 1 atom stereocenters. The first-order valence-corrected chi connectivity index (χ1v) is 15.2. The minimum Gasteiger partial charge on any atom is -0.477 e. The Balaban J connectivity index is 1.23. The molecule has 1 fully saturated rings. The van der Waals surface area contributed by atoms with E-state index in [1.54, 1.807) is 35.2 Å². The Morgan fingerprint density at radius 1 is 0.923 bits per heavy atom. The van der Waals surface area contributed by atoms with Gasteiger partial charge in [-0.3, -0.25) is 9.59 Å². The maximum absolute atomic E-state index is 13.7. The summed E-state index contributed by atoms with van der Waals surface area (Å²) in [4.78, 5) is 28.6. The van der Waals surface area contributed by atoms with E-state index in [1.807, 2.05) is 48.5 Å². The van der Waals surface area contributed by atoms with Crippen molar-refractivity contribution in [1.29, 1.82) is 0 Å². The topological polar surface area (TPSA) is 96.0 Å². The van der Waals surface area contributed by atoms with Gasteiger partial charge in [-0.05, 0) is 61.2 Å². The Labute approximate surface area is 237 Å². The Bertz CT molecular complexity index is 1420. The summed E-state index contributed by atoms with van der Waals surface area (Å²) in [6.07, 6.45) is 0.669. The third-order valence-corrected chi connectivity index (χ3v) is 9.58. The summed E-state index contributed by atoms with van der Waals surface area (Å²) in [6, 6.07) is 23.6. The van der Waals surface area contributed by atoms with E-state index >= 15 is 0 Å². The Hall–Kier alpha value is -3.21. The Kier molecular flexibility index (Phi) is 8.34. The molecule has 0 spiro atoms. The molecule has 1 saturated heterocycles. The van der Waals surface area contributed by atoms with Crippen molar-refractivity contribution in [2.24, 2.45) is 5.92 Å². The zero-order chi connectivity index (χ0) is 27.4. The van der Waals surface area contributed by atoms with Crippen molar-refractivity contribution >= 4 is 43.5 Å². The van der Waals surface area contributed by atoms with E-state index in [0.29, 0.717) is 37.2 Å². The number of hydrogen-bond acceptors (Lipinski definition) is 5. The van der Waals surface area contributed by atoms with E-state index in [1.165, 1.54) is 4.31 Å². The highest BCUT2D eigenvalue weighted by molar-refractivity contribution is 9.10. The predicted octanol–water partition coefficient (Wildman–Crippen LogP) is 4.00. The molecule has 2 aliphatic rings.